The molecule has 2 N–H and O–H groups in total. The Morgan fingerprint density at radius 2 is 1.88 bits per heavy atom. The number of benzene rings is 2. The average Bonchev–Trinajstić information content (AvgIpc) is 2.55. The fraction of sp³-hybridized carbons (Fsp3) is 0.278. The van der Waals surface area contributed by atoms with Gasteiger partial charge in [0.1, 0.15) is 18.5 Å². The Bertz CT molecular complexity index is 660. The second-order valence-electron chi connectivity index (χ2n) is 5.28. The first kappa shape index (κ1) is 18.3. The van der Waals surface area contributed by atoms with Crippen molar-refractivity contribution in [1.29, 1.82) is 0 Å². The van der Waals surface area contributed by atoms with Crippen molar-refractivity contribution in [2.75, 3.05) is 18.5 Å². The van der Waals surface area contributed by atoms with Gasteiger partial charge in [0.05, 0.1) is 13.2 Å². The van der Waals surface area contributed by atoms with Gasteiger partial charge in [-0.15, -0.1) is 0 Å². The summed E-state index contributed by atoms with van der Waals surface area (Å²) < 4.78 is 10.9. The number of nitrogens with one attached hydrogen (secondary N) is 1. The number of hydrogen-bond acceptors (Lipinski definition) is 4. The number of rotatable bonds is 8. The summed E-state index contributed by atoms with van der Waals surface area (Å²) in [6.45, 7) is 2.04. The van der Waals surface area contributed by atoms with Crippen molar-refractivity contribution in [2.24, 2.45) is 0 Å². The Morgan fingerprint density at radius 1 is 1.17 bits per heavy atom. The van der Waals surface area contributed by atoms with Crippen LogP contribution >= 0.6 is 11.6 Å². The van der Waals surface area contributed by atoms with Gasteiger partial charge in [0.2, 0.25) is 5.91 Å². The van der Waals surface area contributed by atoms with Crippen molar-refractivity contribution in [3.63, 3.8) is 0 Å². The van der Waals surface area contributed by atoms with E-state index in [1.807, 2.05) is 18.2 Å². The maximum absolute atomic E-state index is 10.9. The molecular weight excluding hydrogens is 330 g/mol. The molecule has 0 aliphatic heterocycles. The molecule has 2 rings (SSSR count). The van der Waals surface area contributed by atoms with Crippen LogP contribution in [0.2, 0.25) is 5.02 Å². The van der Waals surface area contributed by atoms with Crippen molar-refractivity contribution in [3.05, 3.63) is 59.1 Å². The van der Waals surface area contributed by atoms with Crippen LogP contribution in [0.4, 0.5) is 5.69 Å². The van der Waals surface area contributed by atoms with Crippen LogP contribution in [0.15, 0.2) is 48.5 Å². The zero-order valence-corrected chi connectivity index (χ0v) is 14.1. The highest BCUT2D eigenvalue weighted by Gasteiger charge is 2.07. The molecule has 0 heterocycles. The Labute approximate surface area is 146 Å². The summed E-state index contributed by atoms with van der Waals surface area (Å²) in [4.78, 5) is 10.9. The van der Waals surface area contributed by atoms with Crippen LogP contribution in [0.3, 0.4) is 0 Å². The van der Waals surface area contributed by atoms with Crippen LogP contribution in [-0.2, 0) is 16.1 Å². The summed E-state index contributed by atoms with van der Waals surface area (Å²) in [5.41, 5.74) is 1.57. The summed E-state index contributed by atoms with van der Waals surface area (Å²) in [6.07, 6.45) is -0.748. The number of carbonyl (C=O) groups excluding carboxylic acids is 1. The van der Waals surface area contributed by atoms with E-state index >= 15 is 0 Å². The molecule has 5 nitrogen and oxygen atoms in total. The number of amides is 1. The molecule has 0 aliphatic rings. The lowest BCUT2D eigenvalue weighted by Gasteiger charge is -2.13. The molecule has 0 aliphatic carbocycles. The molecule has 128 valence electrons. The minimum Gasteiger partial charge on any atom is -0.491 e. The summed E-state index contributed by atoms with van der Waals surface area (Å²) in [7, 11) is 0. The fourth-order valence-electron chi connectivity index (χ4n) is 2.00. The molecule has 0 saturated heterocycles. The van der Waals surface area contributed by atoms with E-state index in [-0.39, 0.29) is 19.1 Å². The van der Waals surface area contributed by atoms with E-state index in [0.29, 0.717) is 23.1 Å². The molecule has 1 atom stereocenters. The monoisotopic (exact) mass is 349 g/mol. The Balaban J connectivity index is 1.70. The van der Waals surface area contributed by atoms with E-state index in [4.69, 9.17) is 21.1 Å². The summed E-state index contributed by atoms with van der Waals surface area (Å²) in [5.74, 6) is 0.476. The van der Waals surface area contributed by atoms with E-state index in [1.54, 1.807) is 30.3 Å². The van der Waals surface area contributed by atoms with Gasteiger partial charge >= 0.3 is 0 Å². The van der Waals surface area contributed by atoms with Gasteiger partial charge in [0.15, 0.2) is 0 Å². The molecule has 0 radical (unpaired) electrons. The molecule has 24 heavy (non-hydrogen) atoms. The molecule has 2 aromatic rings. The second-order valence-corrected chi connectivity index (χ2v) is 5.68. The SMILES string of the molecule is CC(=O)Nc1ccc(OC[C@H](O)COCc2ccccc2Cl)cc1. The molecule has 0 saturated carbocycles. The molecule has 2 aromatic carbocycles. The second kappa shape index (κ2) is 9.27. The number of anilines is 1. The van der Waals surface area contributed by atoms with Crippen molar-refractivity contribution in [2.45, 2.75) is 19.6 Å². The largest absolute Gasteiger partial charge is 0.491 e. The number of aliphatic hydroxyl groups is 1. The van der Waals surface area contributed by atoms with E-state index in [9.17, 15) is 9.90 Å². The van der Waals surface area contributed by atoms with Gasteiger partial charge in [0.25, 0.3) is 0 Å². The lowest BCUT2D eigenvalue weighted by molar-refractivity contribution is -0.114. The minimum absolute atomic E-state index is 0.113. The first-order valence-corrected chi connectivity index (χ1v) is 7.92. The maximum Gasteiger partial charge on any atom is 0.221 e. The minimum atomic E-state index is -0.748. The molecular formula is C18H20ClNO4. The average molecular weight is 350 g/mol. The molecule has 6 heteroatoms. The van der Waals surface area contributed by atoms with Gasteiger partial charge in [-0.3, -0.25) is 4.79 Å². The lowest BCUT2D eigenvalue weighted by atomic mass is 10.2. The first-order chi connectivity index (χ1) is 11.5. The number of ether oxygens (including phenoxy) is 2. The zero-order chi connectivity index (χ0) is 17.4. The topological polar surface area (TPSA) is 67.8 Å². The first-order valence-electron chi connectivity index (χ1n) is 7.54. The Morgan fingerprint density at radius 3 is 2.54 bits per heavy atom. The van der Waals surface area contributed by atoms with Crippen molar-refractivity contribution >= 4 is 23.2 Å². The highest BCUT2D eigenvalue weighted by atomic mass is 35.5. The predicted octanol–water partition coefficient (Wildman–Crippen LogP) is 3.25. The fourth-order valence-corrected chi connectivity index (χ4v) is 2.19. The van der Waals surface area contributed by atoms with Crippen LogP contribution in [0.1, 0.15) is 12.5 Å². The Kier molecular flexibility index (Phi) is 7.06. The van der Waals surface area contributed by atoms with Crippen molar-refractivity contribution in [1.82, 2.24) is 0 Å². The predicted molar refractivity (Wildman–Crippen MR) is 93.4 cm³/mol. The van der Waals surface area contributed by atoms with Crippen LogP contribution in [0, 0.1) is 0 Å². The van der Waals surface area contributed by atoms with E-state index in [0.717, 1.165) is 5.56 Å². The standard InChI is InChI=1S/C18H20ClNO4/c1-13(21)20-15-6-8-17(9-7-15)24-12-16(22)11-23-10-14-4-2-3-5-18(14)19/h2-9,16,22H,10-12H2,1H3,(H,20,21)/t16-/m1/s1. The van der Waals surface area contributed by atoms with Crippen LogP contribution in [-0.4, -0.2) is 30.3 Å². The van der Waals surface area contributed by atoms with E-state index in [1.165, 1.54) is 6.92 Å². The summed E-state index contributed by atoms with van der Waals surface area (Å²) in [6, 6.07) is 14.3. The quantitative estimate of drug-likeness (QED) is 0.767. The summed E-state index contributed by atoms with van der Waals surface area (Å²) >= 11 is 6.03. The molecule has 0 fully saturated rings. The van der Waals surface area contributed by atoms with E-state index < -0.39 is 6.10 Å². The third-order valence-electron chi connectivity index (χ3n) is 3.14. The van der Waals surface area contributed by atoms with Gasteiger partial charge in [-0.05, 0) is 35.9 Å². The summed E-state index contributed by atoms with van der Waals surface area (Å²) in [5, 5.41) is 13.2. The highest BCUT2D eigenvalue weighted by molar-refractivity contribution is 6.31. The molecule has 1 amide bonds. The highest BCUT2D eigenvalue weighted by Crippen LogP contribution is 2.17. The molecule has 0 aromatic heterocycles. The third kappa shape index (κ3) is 6.20. The van der Waals surface area contributed by atoms with Gasteiger partial charge < -0.3 is 19.9 Å². The smallest absolute Gasteiger partial charge is 0.221 e. The van der Waals surface area contributed by atoms with Gasteiger partial charge in [0, 0.05) is 17.6 Å². The van der Waals surface area contributed by atoms with Gasteiger partial charge in [-0.2, -0.15) is 0 Å². The molecule has 0 bridgehead atoms. The number of hydrogen-bond donors (Lipinski definition) is 2. The number of carbonyl (C=O) groups is 1. The van der Waals surface area contributed by atoms with Gasteiger partial charge in [-0.25, -0.2) is 0 Å². The van der Waals surface area contributed by atoms with Gasteiger partial charge in [-0.1, -0.05) is 29.8 Å². The Hall–Kier alpha value is -2.08. The van der Waals surface area contributed by atoms with E-state index in [2.05, 4.69) is 5.32 Å². The van der Waals surface area contributed by atoms with Crippen LogP contribution < -0.4 is 10.1 Å². The normalized spacial score (nSPS) is 11.8. The van der Waals surface area contributed by atoms with Crippen molar-refractivity contribution in [3.8, 4) is 5.75 Å². The maximum atomic E-state index is 10.9. The third-order valence-corrected chi connectivity index (χ3v) is 3.51. The van der Waals surface area contributed by atoms with Crippen molar-refractivity contribution < 1.29 is 19.4 Å². The van der Waals surface area contributed by atoms with Crippen LogP contribution in [0.5, 0.6) is 5.75 Å². The van der Waals surface area contributed by atoms with Crippen LogP contribution in [0.25, 0.3) is 0 Å². The molecule has 0 unspecified atom stereocenters. The zero-order valence-electron chi connectivity index (χ0n) is 13.4. The lowest BCUT2D eigenvalue weighted by Crippen LogP contribution is -2.23. The molecule has 0 spiro atoms. The number of halogens is 1. The number of aliphatic hydroxyl groups excluding tert-OH is 1.